The Kier molecular flexibility index (Phi) is 7.11. The molecule has 0 bridgehead atoms. The Morgan fingerprint density at radius 2 is 1.88 bits per heavy atom. The number of Topliss-reactive ketones (excluding diaryl/α,β-unsaturated/α-hetero) is 1. The van der Waals surface area contributed by atoms with Crippen molar-refractivity contribution < 1.29 is 28.2 Å². The Morgan fingerprint density at radius 1 is 1.09 bits per heavy atom. The summed E-state index contributed by atoms with van der Waals surface area (Å²) >= 11 is 0. The predicted octanol–water partition coefficient (Wildman–Crippen LogP) is 5.61. The van der Waals surface area contributed by atoms with Gasteiger partial charge in [0.1, 0.15) is 23.1 Å². The van der Waals surface area contributed by atoms with E-state index in [2.05, 4.69) is 6.92 Å². The average molecular weight is 464 g/mol. The molecule has 3 aromatic rings. The summed E-state index contributed by atoms with van der Waals surface area (Å²) in [6, 6.07) is 14.8. The van der Waals surface area contributed by atoms with Gasteiger partial charge in [-0.05, 0) is 60.5 Å². The fourth-order valence-electron chi connectivity index (χ4n) is 4.04. The fourth-order valence-corrected chi connectivity index (χ4v) is 4.04. The van der Waals surface area contributed by atoms with Crippen LogP contribution in [0.4, 0.5) is 4.39 Å². The molecule has 1 atom stereocenters. The van der Waals surface area contributed by atoms with Crippen molar-refractivity contribution in [2.24, 2.45) is 0 Å². The molecule has 0 spiro atoms. The van der Waals surface area contributed by atoms with Crippen LogP contribution in [0.25, 0.3) is 5.76 Å². The van der Waals surface area contributed by atoms with Gasteiger partial charge in [-0.25, -0.2) is 4.39 Å². The van der Waals surface area contributed by atoms with Gasteiger partial charge in [0.05, 0.1) is 31.0 Å². The molecule has 1 aliphatic heterocycles. The predicted molar refractivity (Wildman–Crippen MR) is 124 cm³/mol. The number of halogens is 1. The molecule has 1 saturated heterocycles. The highest BCUT2D eigenvalue weighted by atomic mass is 19.1. The number of aliphatic hydroxyl groups is 1. The zero-order chi connectivity index (χ0) is 24.1. The number of amides is 1. The number of aliphatic hydroxyl groups excluding tert-OH is 1. The monoisotopic (exact) mass is 463 g/mol. The van der Waals surface area contributed by atoms with Crippen LogP contribution in [0, 0.1) is 5.82 Å². The third-order valence-electron chi connectivity index (χ3n) is 5.75. The van der Waals surface area contributed by atoms with Crippen molar-refractivity contribution in [1.82, 2.24) is 4.90 Å². The lowest BCUT2D eigenvalue weighted by molar-refractivity contribution is -0.140. The molecule has 0 saturated carbocycles. The number of likely N-dealkylation sites (tertiary alicyclic amines) is 1. The smallest absolute Gasteiger partial charge is 0.296 e. The van der Waals surface area contributed by atoms with E-state index in [-0.39, 0.29) is 23.4 Å². The maximum absolute atomic E-state index is 13.4. The lowest BCUT2D eigenvalue weighted by Gasteiger charge is -2.25. The highest BCUT2D eigenvalue weighted by Crippen LogP contribution is 2.41. The van der Waals surface area contributed by atoms with Gasteiger partial charge >= 0.3 is 0 Å². The summed E-state index contributed by atoms with van der Waals surface area (Å²) < 4.78 is 24.7. The van der Waals surface area contributed by atoms with Gasteiger partial charge in [0, 0.05) is 5.56 Å². The summed E-state index contributed by atoms with van der Waals surface area (Å²) in [6.45, 7) is 2.72. The second kappa shape index (κ2) is 10.4. The van der Waals surface area contributed by atoms with Crippen molar-refractivity contribution in [3.05, 3.63) is 95.2 Å². The molecule has 1 aliphatic rings. The van der Waals surface area contributed by atoms with E-state index in [0.717, 1.165) is 19.3 Å². The van der Waals surface area contributed by atoms with E-state index in [1.165, 1.54) is 35.4 Å². The van der Waals surface area contributed by atoms with Gasteiger partial charge < -0.3 is 19.2 Å². The number of ketones is 1. The topological polar surface area (TPSA) is 80.0 Å². The highest BCUT2D eigenvalue weighted by molar-refractivity contribution is 6.46. The minimum Gasteiger partial charge on any atom is -0.507 e. The van der Waals surface area contributed by atoms with Crippen LogP contribution in [-0.4, -0.2) is 28.3 Å². The van der Waals surface area contributed by atoms with E-state index in [9.17, 15) is 19.1 Å². The Morgan fingerprint density at radius 3 is 2.59 bits per heavy atom. The van der Waals surface area contributed by atoms with E-state index >= 15 is 0 Å². The lowest BCUT2D eigenvalue weighted by atomic mass is 9.95. The SMILES string of the molecule is CCCCCOc1cccc(C2/C(=C(\O)c3ccc(F)cc3)C(=O)C(=O)N2Cc2ccco2)c1. The minimum absolute atomic E-state index is 0.0457. The number of rotatable bonds is 9. The molecule has 2 heterocycles. The Balaban J connectivity index is 1.76. The molecule has 2 aromatic carbocycles. The summed E-state index contributed by atoms with van der Waals surface area (Å²) in [7, 11) is 0. The van der Waals surface area contributed by atoms with Crippen LogP contribution >= 0.6 is 0 Å². The maximum Gasteiger partial charge on any atom is 0.296 e. The molecular formula is C27H26FNO5. The number of hydrogen-bond donors (Lipinski definition) is 1. The van der Waals surface area contributed by atoms with Crippen LogP contribution in [0.2, 0.25) is 0 Å². The van der Waals surface area contributed by atoms with Crippen molar-refractivity contribution in [2.45, 2.75) is 38.8 Å². The molecule has 4 rings (SSSR count). The summed E-state index contributed by atoms with van der Waals surface area (Å²) in [5, 5.41) is 11.0. The fraction of sp³-hybridized carbons (Fsp3) is 0.259. The number of unbranched alkanes of at least 4 members (excludes halogenated alkanes) is 2. The van der Waals surface area contributed by atoms with Crippen LogP contribution in [0.1, 0.15) is 49.1 Å². The number of carbonyl (C=O) groups is 2. The minimum atomic E-state index is -0.866. The molecule has 7 heteroatoms. The van der Waals surface area contributed by atoms with Crippen molar-refractivity contribution in [3.63, 3.8) is 0 Å². The molecule has 34 heavy (non-hydrogen) atoms. The van der Waals surface area contributed by atoms with Crippen LogP contribution in [0.15, 0.2) is 76.9 Å². The second-order valence-corrected chi connectivity index (χ2v) is 8.14. The van der Waals surface area contributed by atoms with Crippen LogP contribution in [0.5, 0.6) is 5.75 Å². The van der Waals surface area contributed by atoms with E-state index < -0.39 is 23.5 Å². The molecule has 1 amide bonds. The molecule has 0 aliphatic carbocycles. The highest BCUT2D eigenvalue weighted by Gasteiger charge is 2.46. The van der Waals surface area contributed by atoms with Crippen LogP contribution in [-0.2, 0) is 16.1 Å². The zero-order valence-electron chi connectivity index (χ0n) is 18.9. The first-order valence-electron chi connectivity index (χ1n) is 11.3. The first kappa shape index (κ1) is 23.3. The largest absolute Gasteiger partial charge is 0.507 e. The average Bonchev–Trinajstić information content (AvgIpc) is 3.44. The Labute approximate surface area is 197 Å². The Hall–Kier alpha value is -3.87. The molecule has 1 aromatic heterocycles. The van der Waals surface area contributed by atoms with E-state index in [4.69, 9.17) is 9.15 Å². The van der Waals surface area contributed by atoms with Gasteiger partial charge in [-0.2, -0.15) is 0 Å². The van der Waals surface area contributed by atoms with E-state index in [1.54, 1.807) is 30.3 Å². The first-order chi connectivity index (χ1) is 16.5. The number of furan rings is 1. The van der Waals surface area contributed by atoms with Gasteiger partial charge in [0.2, 0.25) is 0 Å². The quantitative estimate of drug-likeness (QED) is 0.193. The normalized spacial score (nSPS) is 17.4. The summed E-state index contributed by atoms with van der Waals surface area (Å²) in [6.07, 6.45) is 4.54. The van der Waals surface area contributed by atoms with E-state index in [0.29, 0.717) is 23.7 Å². The number of nitrogens with zero attached hydrogens (tertiary/aromatic N) is 1. The first-order valence-corrected chi connectivity index (χ1v) is 11.3. The third-order valence-corrected chi connectivity index (χ3v) is 5.75. The zero-order valence-corrected chi connectivity index (χ0v) is 18.9. The number of carbonyl (C=O) groups excluding carboxylic acids is 2. The molecule has 176 valence electrons. The Bertz CT molecular complexity index is 1180. The van der Waals surface area contributed by atoms with Gasteiger partial charge in [-0.3, -0.25) is 9.59 Å². The number of hydrogen-bond acceptors (Lipinski definition) is 5. The summed E-state index contributed by atoms with van der Waals surface area (Å²) in [5.41, 5.74) is 0.795. The molecular weight excluding hydrogens is 437 g/mol. The van der Waals surface area contributed by atoms with Crippen LogP contribution in [0.3, 0.4) is 0 Å². The molecule has 0 radical (unpaired) electrons. The van der Waals surface area contributed by atoms with Crippen LogP contribution < -0.4 is 4.74 Å². The van der Waals surface area contributed by atoms with Crippen molar-refractivity contribution in [2.75, 3.05) is 6.61 Å². The molecule has 1 unspecified atom stereocenters. The molecule has 1 fully saturated rings. The molecule has 6 nitrogen and oxygen atoms in total. The second-order valence-electron chi connectivity index (χ2n) is 8.14. The van der Waals surface area contributed by atoms with Crippen molar-refractivity contribution in [1.29, 1.82) is 0 Å². The summed E-state index contributed by atoms with van der Waals surface area (Å²) in [4.78, 5) is 27.5. The van der Waals surface area contributed by atoms with Crippen molar-refractivity contribution in [3.8, 4) is 5.75 Å². The number of ether oxygens (including phenoxy) is 1. The van der Waals surface area contributed by atoms with Gasteiger partial charge in [-0.1, -0.05) is 31.9 Å². The molecule has 1 N–H and O–H groups in total. The lowest BCUT2D eigenvalue weighted by Crippen LogP contribution is -2.29. The van der Waals surface area contributed by atoms with E-state index in [1.807, 2.05) is 6.07 Å². The van der Waals surface area contributed by atoms with Crippen molar-refractivity contribution >= 4 is 17.4 Å². The maximum atomic E-state index is 13.4. The number of benzene rings is 2. The standard InChI is InChI=1S/C27H26FNO5/c1-2-3-4-14-33-21-8-5-7-19(16-21)24-23(25(30)18-10-12-20(28)13-11-18)26(31)27(32)29(24)17-22-9-6-15-34-22/h5-13,15-16,24,30H,2-4,14,17H2,1H3/b25-23+. The summed E-state index contributed by atoms with van der Waals surface area (Å²) in [5.74, 6) is -1.29. The van der Waals surface area contributed by atoms with Gasteiger partial charge in [0.15, 0.2) is 0 Å². The third kappa shape index (κ3) is 4.88. The van der Waals surface area contributed by atoms with Gasteiger partial charge in [-0.15, -0.1) is 0 Å². The van der Waals surface area contributed by atoms with Gasteiger partial charge in [0.25, 0.3) is 11.7 Å².